The zero-order valence-corrected chi connectivity index (χ0v) is 12.5. The Bertz CT molecular complexity index is 660. The number of fused-ring (bicyclic) bond motifs is 1. The lowest BCUT2D eigenvalue weighted by Crippen LogP contribution is -2.31. The third kappa shape index (κ3) is 1.85. The fourth-order valence-electron chi connectivity index (χ4n) is 2.96. The average Bonchev–Trinajstić information content (AvgIpc) is 2.99. The molecule has 1 atom stereocenters. The van der Waals surface area contributed by atoms with Crippen molar-refractivity contribution in [1.29, 1.82) is 0 Å². The lowest BCUT2D eigenvalue weighted by Gasteiger charge is -2.24. The summed E-state index contributed by atoms with van der Waals surface area (Å²) in [7, 11) is 1.99. The zero-order valence-electron chi connectivity index (χ0n) is 11.7. The van der Waals surface area contributed by atoms with Crippen LogP contribution in [-0.2, 0) is 23.7 Å². The highest BCUT2D eigenvalue weighted by molar-refractivity contribution is 7.71. The van der Waals surface area contributed by atoms with Crippen LogP contribution in [0, 0.1) is 4.77 Å². The van der Waals surface area contributed by atoms with E-state index in [0.717, 1.165) is 47.5 Å². The number of rotatable bonds is 3. The highest BCUT2D eigenvalue weighted by atomic mass is 32.1. The van der Waals surface area contributed by atoms with Crippen LogP contribution in [0.1, 0.15) is 32.4 Å². The molecular weight excluding hydrogens is 260 g/mol. The molecule has 3 heterocycles. The number of nitrogens with one attached hydrogen (secondary N) is 1. The van der Waals surface area contributed by atoms with Crippen molar-refractivity contribution < 1.29 is 4.74 Å². The van der Waals surface area contributed by atoms with E-state index >= 15 is 0 Å². The van der Waals surface area contributed by atoms with Gasteiger partial charge >= 0.3 is 0 Å². The van der Waals surface area contributed by atoms with Gasteiger partial charge in [0.25, 0.3) is 0 Å². The summed E-state index contributed by atoms with van der Waals surface area (Å²) in [5.74, 6) is 0. The molecule has 0 aliphatic carbocycles. The molecule has 2 aromatic rings. The molecule has 1 saturated heterocycles. The minimum atomic E-state index is -0.0629. The molecule has 1 N–H and O–H groups in total. The number of H-pyrrole nitrogens is 1. The predicted octanol–water partition coefficient (Wildman–Crippen LogP) is 2.52. The van der Waals surface area contributed by atoms with Crippen LogP contribution < -0.4 is 0 Å². The van der Waals surface area contributed by atoms with Gasteiger partial charge in [0.05, 0.1) is 17.8 Å². The van der Waals surface area contributed by atoms with Gasteiger partial charge in [0, 0.05) is 13.7 Å². The molecule has 1 aliphatic rings. The van der Waals surface area contributed by atoms with Crippen molar-refractivity contribution >= 4 is 23.4 Å². The van der Waals surface area contributed by atoms with Gasteiger partial charge in [-0.25, -0.2) is 0 Å². The minimum Gasteiger partial charge on any atom is -0.379 e. The molecule has 2 aromatic heterocycles. The van der Waals surface area contributed by atoms with Gasteiger partial charge in [0.2, 0.25) is 0 Å². The second-order valence-electron chi connectivity index (χ2n) is 5.58. The molecule has 104 valence electrons. The molecule has 5 nitrogen and oxygen atoms in total. The largest absolute Gasteiger partial charge is 0.379 e. The van der Waals surface area contributed by atoms with Crippen molar-refractivity contribution in [2.75, 3.05) is 13.2 Å². The van der Waals surface area contributed by atoms with Crippen molar-refractivity contribution in [3.63, 3.8) is 0 Å². The van der Waals surface area contributed by atoms with Gasteiger partial charge in [-0.1, -0.05) is 13.3 Å². The fraction of sp³-hybridized carbons (Fsp3) is 0.692. The van der Waals surface area contributed by atoms with Gasteiger partial charge in [-0.3, -0.25) is 9.25 Å². The maximum absolute atomic E-state index is 5.57. The number of nitrogens with zero attached hydrogens (tertiary/aromatic N) is 3. The van der Waals surface area contributed by atoms with E-state index in [1.807, 2.05) is 11.7 Å². The zero-order chi connectivity index (χ0) is 13.6. The third-order valence-corrected chi connectivity index (χ3v) is 4.25. The Labute approximate surface area is 117 Å². The van der Waals surface area contributed by atoms with Gasteiger partial charge in [-0.05, 0) is 32.0 Å². The molecule has 1 unspecified atom stereocenters. The second kappa shape index (κ2) is 4.45. The molecule has 0 amide bonds. The standard InChI is InChI=1S/C13H20N4OS/c1-4-5-9-10-11(16(3)15-9)17(12(19)14-10)13(2)6-7-18-8-13/h4-8H2,1-3H3,(H,14,19). The van der Waals surface area contributed by atoms with Crippen LogP contribution in [0.25, 0.3) is 11.2 Å². The molecule has 0 spiro atoms. The van der Waals surface area contributed by atoms with Crippen molar-refractivity contribution in [3.8, 4) is 0 Å². The molecule has 19 heavy (non-hydrogen) atoms. The van der Waals surface area contributed by atoms with E-state index in [-0.39, 0.29) is 5.54 Å². The van der Waals surface area contributed by atoms with E-state index in [9.17, 15) is 0 Å². The summed E-state index contributed by atoms with van der Waals surface area (Å²) in [6.07, 6.45) is 3.04. The molecule has 3 rings (SSSR count). The normalized spacial score (nSPS) is 23.5. The van der Waals surface area contributed by atoms with Crippen molar-refractivity contribution in [2.24, 2.45) is 7.05 Å². The van der Waals surface area contributed by atoms with Crippen LogP contribution in [0.4, 0.5) is 0 Å². The molecule has 6 heteroatoms. The lowest BCUT2D eigenvalue weighted by molar-refractivity contribution is 0.162. The number of hydrogen-bond acceptors (Lipinski definition) is 3. The molecule has 1 aliphatic heterocycles. The lowest BCUT2D eigenvalue weighted by atomic mass is 10.0. The summed E-state index contributed by atoms with van der Waals surface area (Å²) >= 11 is 5.53. The van der Waals surface area contributed by atoms with E-state index in [0.29, 0.717) is 6.61 Å². The summed E-state index contributed by atoms with van der Waals surface area (Å²) in [4.78, 5) is 3.34. The van der Waals surface area contributed by atoms with E-state index in [2.05, 4.69) is 28.5 Å². The SMILES string of the molecule is CCCc1nn(C)c2c1[nH]c(=S)n2C1(C)CCOC1. The first kappa shape index (κ1) is 12.9. The first-order valence-electron chi connectivity index (χ1n) is 6.81. The second-order valence-corrected chi connectivity index (χ2v) is 5.97. The smallest absolute Gasteiger partial charge is 0.179 e. The summed E-state index contributed by atoms with van der Waals surface area (Å²) in [5, 5.41) is 4.62. The van der Waals surface area contributed by atoms with Crippen molar-refractivity contribution in [1.82, 2.24) is 19.3 Å². The van der Waals surface area contributed by atoms with Crippen LogP contribution in [0.15, 0.2) is 0 Å². The fourth-order valence-corrected chi connectivity index (χ4v) is 3.37. The van der Waals surface area contributed by atoms with Gasteiger partial charge < -0.3 is 9.72 Å². The van der Waals surface area contributed by atoms with Crippen molar-refractivity contribution in [2.45, 2.75) is 38.6 Å². The average molecular weight is 280 g/mol. The molecule has 0 saturated carbocycles. The Kier molecular flexibility index (Phi) is 3.02. The first-order valence-corrected chi connectivity index (χ1v) is 7.22. The highest BCUT2D eigenvalue weighted by Crippen LogP contribution is 2.32. The molecule has 0 radical (unpaired) electrons. The van der Waals surface area contributed by atoms with E-state index in [1.54, 1.807) is 0 Å². The highest BCUT2D eigenvalue weighted by Gasteiger charge is 2.35. The van der Waals surface area contributed by atoms with Crippen LogP contribution in [0.5, 0.6) is 0 Å². The summed E-state index contributed by atoms with van der Waals surface area (Å²) in [5.41, 5.74) is 3.21. The summed E-state index contributed by atoms with van der Waals surface area (Å²) in [6, 6.07) is 0. The molecular formula is C13H20N4OS. The van der Waals surface area contributed by atoms with Gasteiger partial charge in [-0.15, -0.1) is 0 Å². The quantitative estimate of drug-likeness (QED) is 0.879. The Morgan fingerprint density at radius 3 is 2.95 bits per heavy atom. The van der Waals surface area contributed by atoms with Gasteiger partial charge in [-0.2, -0.15) is 5.10 Å². The molecule has 1 fully saturated rings. The minimum absolute atomic E-state index is 0.0629. The topological polar surface area (TPSA) is 47.8 Å². The van der Waals surface area contributed by atoms with E-state index < -0.39 is 0 Å². The van der Waals surface area contributed by atoms with Crippen LogP contribution in [0.3, 0.4) is 0 Å². The van der Waals surface area contributed by atoms with Crippen LogP contribution in [0.2, 0.25) is 0 Å². The first-order chi connectivity index (χ1) is 9.07. The van der Waals surface area contributed by atoms with E-state index in [1.165, 1.54) is 0 Å². The Morgan fingerprint density at radius 1 is 1.53 bits per heavy atom. The predicted molar refractivity (Wildman–Crippen MR) is 77.0 cm³/mol. The van der Waals surface area contributed by atoms with Gasteiger partial charge in [0.15, 0.2) is 10.4 Å². The van der Waals surface area contributed by atoms with Crippen molar-refractivity contribution in [3.05, 3.63) is 10.5 Å². The number of hydrogen-bond donors (Lipinski definition) is 1. The maximum atomic E-state index is 5.57. The third-order valence-electron chi connectivity index (χ3n) is 3.96. The van der Waals surface area contributed by atoms with Gasteiger partial charge in [0.1, 0.15) is 5.52 Å². The number of ether oxygens (including phenoxy) is 1. The summed E-state index contributed by atoms with van der Waals surface area (Å²) < 4.78 is 10.5. The Balaban J connectivity index is 2.25. The number of imidazole rings is 1. The monoisotopic (exact) mass is 280 g/mol. The number of aromatic amines is 1. The molecule has 0 aromatic carbocycles. The van der Waals surface area contributed by atoms with Crippen LogP contribution in [-0.4, -0.2) is 32.5 Å². The summed E-state index contributed by atoms with van der Waals surface area (Å²) in [6.45, 7) is 5.88. The number of aromatic nitrogens is 4. The maximum Gasteiger partial charge on any atom is 0.179 e. The number of aryl methyl sites for hydroxylation is 2. The Hall–Kier alpha value is -1.14. The van der Waals surface area contributed by atoms with E-state index in [4.69, 9.17) is 17.0 Å². The Morgan fingerprint density at radius 2 is 2.32 bits per heavy atom. The van der Waals surface area contributed by atoms with Crippen LogP contribution >= 0.6 is 12.2 Å². The molecule has 0 bridgehead atoms.